The maximum absolute atomic E-state index is 12.5. The topological polar surface area (TPSA) is 80.8 Å². The van der Waals surface area contributed by atoms with Gasteiger partial charge in [0.1, 0.15) is 11.4 Å². The molecule has 1 saturated heterocycles. The molecule has 2 heterocycles. The van der Waals surface area contributed by atoms with Gasteiger partial charge in [0.25, 0.3) is 0 Å². The Morgan fingerprint density at radius 3 is 2.72 bits per heavy atom. The molecule has 138 valence electrons. The Morgan fingerprint density at radius 2 is 2.04 bits per heavy atom. The van der Waals surface area contributed by atoms with Gasteiger partial charge in [-0.05, 0) is 39.3 Å². The first-order chi connectivity index (χ1) is 11.9. The summed E-state index contributed by atoms with van der Waals surface area (Å²) in [6, 6.07) is 3.58. The summed E-state index contributed by atoms with van der Waals surface area (Å²) in [5, 5.41) is 2.67. The molecule has 0 spiro atoms. The van der Waals surface area contributed by atoms with Gasteiger partial charge in [-0.2, -0.15) is 0 Å². The lowest BCUT2D eigenvalue weighted by molar-refractivity contribution is 0.0525. The number of Topliss-reactive ketones (excluding diaryl/α,β-unsaturated/α-hetero) is 1. The number of rotatable bonds is 6. The standard InChI is InChI=1S/C18H27N3O4/c1-18(2,3)25-17(23)20-9-5-7-15(22)14-6-4-8-19-16(14)21-10-12-24-13-11-21/h4,6,8H,5,7,9-13H2,1-3H3,(H,20,23). The molecule has 0 radical (unpaired) electrons. The SMILES string of the molecule is CC(C)(C)OC(=O)NCCCC(=O)c1cccnc1N1CCOCC1. The van der Waals surface area contributed by atoms with E-state index in [2.05, 4.69) is 15.2 Å². The summed E-state index contributed by atoms with van der Waals surface area (Å²) in [5.41, 5.74) is 0.101. The summed E-state index contributed by atoms with van der Waals surface area (Å²) < 4.78 is 10.5. The Hall–Kier alpha value is -2.15. The van der Waals surface area contributed by atoms with Crippen molar-refractivity contribution in [3.8, 4) is 0 Å². The van der Waals surface area contributed by atoms with Crippen molar-refractivity contribution in [3.05, 3.63) is 23.9 Å². The van der Waals surface area contributed by atoms with Crippen molar-refractivity contribution in [2.24, 2.45) is 0 Å². The molecular formula is C18H27N3O4. The van der Waals surface area contributed by atoms with Gasteiger partial charge >= 0.3 is 6.09 Å². The normalized spacial score (nSPS) is 14.9. The third kappa shape index (κ3) is 6.34. The Balaban J connectivity index is 1.84. The number of hydrogen-bond acceptors (Lipinski definition) is 6. The van der Waals surface area contributed by atoms with Crippen molar-refractivity contribution in [1.82, 2.24) is 10.3 Å². The summed E-state index contributed by atoms with van der Waals surface area (Å²) in [6.07, 6.45) is 2.13. The molecule has 25 heavy (non-hydrogen) atoms. The Labute approximate surface area is 148 Å². The van der Waals surface area contributed by atoms with Crippen LogP contribution in [-0.4, -0.2) is 55.3 Å². The maximum atomic E-state index is 12.5. The molecule has 0 unspecified atom stereocenters. The van der Waals surface area contributed by atoms with Gasteiger partial charge in [0.2, 0.25) is 0 Å². The van der Waals surface area contributed by atoms with Crippen molar-refractivity contribution in [2.45, 2.75) is 39.2 Å². The van der Waals surface area contributed by atoms with Gasteiger partial charge < -0.3 is 19.7 Å². The average molecular weight is 349 g/mol. The van der Waals surface area contributed by atoms with Gasteiger partial charge in [-0.15, -0.1) is 0 Å². The molecule has 1 aliphatic heterocycles. The fourth-order valence-corrected chi connectivity index (χ4v) is 2.53. The zero-order valence-corrected chi connectivity index (χ0v) is 15.2. The molecular weight excluding hydrogens is 322 g/mol. The molecule has 1 amide bonds. The average Bonchev–Trinajstić information content (AvgIpc) is 2.58. The van der Waals surface area contributed by atoms with Crippen LogP contribution in [0.3, 0.4) is 0 Å². The number of nitrogens with one attached hydrogen (secondary N) is 1. The van der Waals surface area contributed by atoms with Gasteiger partial charge in [-0.1, -0.05) is 0 Å². The predicted octanol–water partition coefficient (Wildman–Crippen LogP) is 2.41. The first-order valence-electron chi connectivity index (χ1n) is 8.64. The van der Waals surface area contributed by atoms with E-state index in [0.717, 1.165) is 18.9 Å². The summed E-state index contributed by atoms with van der Waals surface area (Å²) in [7, 11) is 0. The van der Waals surface area contributed by atoms with E-state index in [1.165, 1.54) is 0 Å². The van der Waals surface area contributed by atoms with Gasteiger partial charge in [0, 0.05) is 32.3 Å². The molecule has 2 rings (SSSR count). The number of anilines is 1. The van der Waals surface area contributed by atoms with E-state index in [9.17, 15) is 9.59 Å². The molecule has 0 aliphatic carbocycles. The number of carbonyl (C=O) groups is 2. The van der Waals surface area contributed by atoms with E-state index < -0.39 is 11.7 Å². The van der Waals surface area contributed by atoms with Crippen LogP contribution < -0.4 is 10.2 Å². The number of pyridine rings is 1. The van der Waals surface area contributed by atoms with Crippen LogP contribution in [0.25, 0.3) is 0 Å². The summed E-state index contributed by atoms with van der Waals surface area (Å²) in [4.78, 5) is 30.6. The van der Waals surface area contributed by atoms with E-state index >= 15 is 0 Å². The van der Waals surface area contributed by atoms with Gasteiger partial charge in [0.05, 0.1) is 18.8 Å². The third-order valence-corrected chi connectivity index (χ3v) is 3.65. The Morgan fingerprint density at radius 1 is 1.32 bits per heavy atom. The van der Waals surface area contributed by atoms with Crippen molar-refractivity contribution in [3.63, 3.8) is 0 Å². The first-order valence-corrected chi connectivity index (χ1v) is 8.64. The molecule has 1 aromatic rings. The zero-order chi connectivity index (χ0) is 18.3. The summed E-state index contributed by atoms with van der Waals surface area (Å²) >= 11 is 0. The first kappa shape index (κ1) is 19.2. The number of ketones is 1. The van der Waals surface area contributed by atoms with Crippen LogP contribution in [-0.2, 0) is 9.47 Å². The molecule has 1 aliphatic rings. The van der Waals surface area contributed by atoms with Crippen molar-refractivity contribution in [2.75, 3.05) is 37.7 Å². The fraction of sp³-hybridized carbons (Fsp3) is 0.611. The molecule has 7 heteroatoms. The molecule has 1 fully saturated rings. The van der Waals surface area contributed by atoms with Crippen molar-refractivity contribution >= 4 is 17.7 Å². The lowest BCUT2D eigenvalue weighted by atomic mass is 10.1. The smallest absolute Gasteiger partial charge is 0.407 e. The second kappa shape index (κ2) is 8.80. The van der Waals surface area contributed by atoms with E-state index in [4.69, 9.17) is 9.47 Å². The molecule has 0 atom stereocenters. The summed E-state index contributed by atoms with van der Waals surface area (Å²) in [6.45, 7) is 8.58. The van der Waals surface area contributed by atoms with E-state index in [0.29, 0.717) is 38.2 Å². The largest absolute Gasteiger partial charge is 0.444 e. The highest BCUT2D eigenvalue weighted by atomic mass is 16.6. The fourth-order valence-electron chi connectivity index (χ4n) is 2.53. The number of aromatic nitrogens is 1. The second-order valence-electron chi connectivity index (χ2n) is 6.93. The lowest BCUT2D eigenvalue weighted by Gasteiger charge is -2.29. The van der Waals surface area contributed by atoms with Crippen LogP contribution in [0.15, 0.2) is 18.3 Å². The van der Waals surface area contributed by atoms with Crippen LogP contribution in [0.2, 0.25) is 0 Å². The minimum Gasteiger partial charge on any atom is -0.444 e. The van der Waals surface area contributed by atoms with Gasteiger partial charge in [0.15, 0.2) is 5.78 Å². The highest BCUT2D eigenvalue weighted by molar-refractivity contribution is 6.00. The second-order valence-corrected chi connectivity index (χ2v) is 6.93. The molecule has 0 saturated carbocycles. The van der Waals surface area contributed by atoms with Crippen LogP contribution >= 0.6 is 0 Å². The number of hydrogen-bond donors (Lipinski definition) is 1. The predicted molar refractivity (Wildman–Crippen MR) is 95.1 cm³/mol. The minimum atomic E-state index is -0.525. The van der Waals surface area contributed by atoms with E-state index in [1.54, 1.807) is 18.3 Å². The molecule has 0 bridgehead atoms. The van der Waals surface area contributed by atoms with Crippen LogP contribution in [0, 0.1) is 0 Å². The van der Waals surface area contributed by atoms with Crippen LogP contribution in [0.1, 0.15) is 44.0 Å². The van der Waals surface area contributed by atoms with Gasteiger partial charge in [-0.3, -0.25) is 4.79 Å². The van der Waals surface area contributed by atoms with Crippen molar-refractivity contribution in [1.29, 1.82) is 0 Å². The number of morpholine rings is 1. The monoisotopic (exact) mass is 349 g/mol. The highest BCUT2D eigenvalue weighted by Crippen LogP contribution is 2.20. The number of alkyl carbamates (subject to hydrolysis) is 1. The van der Waals surface area contributed by atoms with Crippen LogP contribution in [0.4, 0.5) is 10.6 Å². The number of carbonyl (C=O) groups excluding carboxylic acids is 2. The quantitative estimate of drug-likeness (QED) is 0.627. The lowest BCUT2D eigenvalue weighted by Crippen LogP contribution is -2.37. The van der Waals surface area contributed by atoms with Gasteiger partial charge in [-0.25, -0.2) is 9.78 Å². The number of amides is 1. The van der Waals surface area contributed by atoms with Crippen molar-refractivity contribution < 1.29 is 19.1 Å². The Kier molecular flexibility index (Phi) is 6.75. The van der Waals surface area contributed by atoms with Crippen LogP contribution in [0.5, 0.6) is 0 Å². The summed E-state index contributed by atoms with van der Waals surface area (Å²) in [5.74, 6) is 0.747. The zero-order valence-electron chi connectivity index (χ0n) is 15.2. The number of nitrogens with zero attached hydrogens (tertiary/aromatic N) is 2. The molecule has 1 aromatic heterocycles. The molecule has 1 N–H and O–H groups in total. The maximum Gasteiger partial charge on any atom is 0.407 e. The van der Waals surface area contributed by atoms with E-state index in [1.807, 2.05) is 20.8 Å². The minimum absolute atomic E-state index is 0.0283. The number of ether oxygens (including phenoxy) is 2. The van der Waals surface area contributed by atoms with E-state index in [-0.39, 0.29) is 5.78 Å². The Bertz CT molecular complexity index is 592. The molecule has 0 aromatic carbocycles. The third-order valence-electron chi connectivity index (χ3n) is 3.65. The highest BCUT2D eigenvalue weighted by Gasteiger charge is 2.20. The molecule has 7 nitrogen and oxygen atoms in total.